The van der Waals surface area contributed by atoms with Crippen LogP contribution in [0.4, 0.5) is 13.2 Å². The smallest absolute Gasteiger partial charge is 0.416 e. The Labute approximate surface area is 147 Å². The van der Waals surface area contributed by atoms with E-state index < -0.39 is 18.9 Å². The summed E-state index contributed by atoms with van der Waals surface area (Å²) in [5.74, 6) is -0.0307. The van der Waals surface area contributed by atoms with E-state index in [1.807, 2.05) is 0 Å². The van der Waals surface area contributed by atoms with Crippen molar-refractivity contribution >= 4 is 23.1 Å². The molecule has 0 saturated heterocycles. The van der Waals surface area contributed by atoms with Gasteiger partial charge < -0.3 is 14.8 Å². The maximum Gasteiger partial charge on any atom is 0.416 e. The molecule has 0 aromatic heterocycles. The quantitative estimate of drug-likeness (QED) is 0.683. The van der Waals surface area contributed by atoms with Gasteiger partial charge >= 0.3 is 6.18 Å². The first-order chi connectivity index (χ1) is 12.2. The highest BCUT2D eigenvalue weighted by atomic mass is 31.2. The third kappa shape index (κ3) is 3.33. The van der Waals surface area contributed by atoms with E-state index in [1.165, 1.54) is 60.7 Å². The number of hydrogen-bond acceptors (Lipinski definition) is 3. The third-order valence-corrected chi connectivity index (χ3v) is 7.06. The van der Waals surface area contributed by atoms with Crippen LogP contribution >= 0.6 is 7.14 Å². The van der Waals surface area contributed by atoms with Gasteiger partial charge in [0.1, 0.15) is 11.5 Å². The Morgan fingerprint density at radius 3 is 1.23 bits per heavy atom. The Bertz CT molecular complexity index is 898. The van der Waals surface area contributed by atoms with Crippen LogP contribution in [0, 0.1) is 0 Å². The van der Waals surface area contributed by atoms with Gasteiger partial charge in [-0.05, 0) is 60.7 Å². The predicted octanol–water partition coefficient (Wildman–Crippen LogP) is 3.76. The molecule has 7 heteroatoms. The predicted molar refractivity (Wildman–Crippen MR) is 94.2 cm³/mol. The van der Waals surface area contributed by atoms with Crippen LogP contribution in [0.3, 0.4) is 0 Å². The molecule has 0 spiro atoms. The summed E-state index contributed by atoms with van der Waals surface area (Å²) >= 11 is 0. The molecule has 3 rings (SSSR count). The van der Waals surface area contributed by atoms with Crippen molar-refractivity contribution < 1.29 is 27.9 Å². The molecule has 0 fully saturated rings. The van der Waals surface area contributed by atoms with Crippen molar-refractivity contribution in [2.45, 2.75) is 6.18 Å². The topological polar surface area (TPSA) is 57.5 Å². The number of aromatic hydroxyl groups is 2. The first kappa shape index (κ1) is 18.1. The lowest BCUT2D eigenvalue weighted by molar-refractivity contribution is -0.137. The number of phenols is 2. The number of benzene rings is 3. The summed E-state index contributed by atoms with van der Waals surface area (Å²) in [4.78, 5) is 0. The molecule has 3 nitrogen and oxygen atoms in total. The van der Waals surface area contributed by atoms with Gasteiger partial charge in [-0.15, -0.1) is 0 Å². The second-order valence-electron chi connectivity index (χ2n) is 5.69. The largest absolute Gasteiger partial charge is 0.508 e. The molecule has 134 valence electrons. The van der Waals surface area contributed by atoms with E-state index in [9.17, 15) is 27.9 Å². The molecular weight excluding hydrogens is 364 g/mol. The summed E-state index contributed by atoms with van der Waals surface area (Å²) in [6.07, 6.45) is -4.49. The van der Waals surface area contributed by atoms with Crippen molar-refractivity contribution in [2.75, 3.05) is 0 Å². The fourth-order valence-corrected chi connectivity index (χ4v) is 5.23. The molecule has 2 N–H and O–H groups in total. The standard InChI is InChI=1S/C19H14F3O3P/c20-19(21,22)13-1-7-16(8-2-13)26(25,17-9-3-14(23)4-10-17)18-11-5-15(24)6-12-18/h1-12,23-24H. The van der Waals surface area contributed by atoms with E-state index in [0.29, 0.717) is 10.6 Å². The maximum atomic E-state index is 14.0. The van der Waals surface area contributed by atoms with Gasteiger partial charge in [0.15, 0.2) is 7.14 Å². The summed E-state index contributed by atoms with van der Waals surface area (Å²) in [7, 11) is -3.48. The Morgan fingerprint density at radius 1 is 0.615 bits per heavy atom. The van der Waals surface area contributed by atoms with Crippen LogP contribution in [-0.2, 0) is 10.7 Å². The monoisotopic (exact) mass is 378 g/mol. The molecule has 3 aromatic rings. The van der Waals surface area contributed by atoms with E-state index in [2.05, 4.69) is 0 Å². The van der Waals surface area contributed by atoms with E-state index >= 15 is 0 Å². The fourth-order valence-electron chi connectivity index (χ4n) is 2.63. The zero-order valence-electron chi connectivity index (χ0n) is 13.3. The minimum Gasteiger partial charge on any atom is -0.508 e. The number of hydrogen-bond donors (Lipinski definition) is 2. The highest BCUT2D eigenvalue weighted by molar-refractivity contribution is 7.85. The molecule has 0 unspecified atom stereocenters. The Balaban J connectivity index is 2.19. The molecule has 0 radical (unpaired) electrons. The molecule has 0 atom stereocenters. The molecule has 26 heavy (non-hydrogen) atoms. The Kier molecular flexibility index (Phi) is 4.55. The molecule has 0 aliphatic carbocycles. The Morgan fingerprint density at radius 2 is 0.923 bits per heavy atom. The summed E-state index contributed by atoms with van der Waals surface area (Å²) in [5, 5.41) is 19.9. The molecule has 3 aromatic carbocycles. The normalized spacial score (nSPS) is 12.1. The van der Waals surface area contributed by atoms with Crippen LogP contribution in [0.15, 0.2) is 72.8 Å². The fraction of sp³-hybridized carbons (Fsp3) is 0.0526. The highest BCUT2D eigenvalue weighted by Gasteiger charge is 2.33. The van der Waals surface area contributed by atoms with Gasteiger partial charge in [0, 0.05) is 15.9 Å². The highest BCUT2D eigenvalue weighted by Crippen LogP contribution is 2.43. The lowest BCUT2D eigenvalue weighted by Gasteiger charge is -2.20. The number of rotatable bonds is 3. The zero-order chi connectivity index (χ0) is 18.9. The van der Waals surface area contributed by atoms with Gasteiger partial charge in [-0.3, -0.25) is 0 Å². The number of phenolic OH excluding ortho intramolecular Hbond substituents is 2. The van der Waals surface area contributed by atoms with Gasteiger partial charge in [-0.2, -0.15) is 13.2 Å². The van der Waals surface area contributed by atoms with Crippen LogP contribution in [0.5, 0.6) is 11.5 Å². The zero-order valence-corrected chi connectivity index (χ0v) is 14.2. The average molecular weight is 378 g/mol. The van der Waals surface area contributed by atoms with Crippen molar-refractivity contribution in [1.29, 1.82) is 0 Å². The first-order valence-corrected chi connectivity index (χ1v) is 9.29. The molecule has 0 aliphatic heterocycles. The molecule has 0 bridgehead atoms. The van der Waals surface area contributed by atoms with Gasteiger partial charge in [0.25, 0.3) is 0 Å². The third-order valence-electron chi connectivity index (χ3n) is 3.98. The molecular formula is C19H14F3O3P. The van der Waals surface area contributed by atoms with Gasteiger partial charge in [-0.1, -0.05) is 12.1 Å². The molecule has 0 amide bonds. The van der Waals surface area contributed by atoms with Crippen LogP contribution in [0.25, 0.3) is 0 Å². The Hall–Kier alpha value is -2.72. The lowest BCUT2D eigenvalue weighted by Crippen LogP contribution is -2.25. The van der Waals surface area contributed by atoms with Crippen molar-refractivity contribution in [1.82, 2.24) is 0 Å². The summed E-state index contributed by atoms with van der Waals surface area (Å²) < 4.78 is 52.4. The summed E-state index contributed by atoms with van der Waals surface area (Å²) in [6, 6.07) is 15.5. The summed E-state index contributed by atoms with van der Waals surface area (Å²) in [5.41, 5.74) is -0.829. The van der Waals surface area contributed by atoms with E-state index in [-0.39, 0.29) is 16.8 Å². The van der Waals surface area contributed by atoms with Gasteiger partial charge in [-0.25, -0.2) is 0 Å². The van der Waals surface area contributed by atoms with Crippen LogP contribution in [0.2, 0.25) is 0 Å². The number of halogens is 3. The van der Waals surface area contributed by atoms with Gasteiger partial charge in [0.2, 0.25) is 0 Å². The molecule has 0 saturated carbocycles. The minimum absolute atomic E-state index is 0.0153. The molecule has 0 heterocycles. The average Bonchev–Trinajstić information content (AvgIpc) is 2.61. The second-order valence-corrected chi connectivity index (χ2v) is 8.45. The van der Waals surface area contributed by atoms with Crippen molar-refractivity contribution in [2.24, 2.45) is 0 Å². The first-order valence-electron chi connectivity index (χ1n) is 7.58. The van der Waals surface area contributed by atoms with E-state index in [1.54, 1.807) is 0 Å². The van der Waals surface area contributed by atoms with Gasteiger partial charge in [0.05, 0.1) is 5.56 Å². The van der Waals surface area contributed by atoms with Crippen LogP contribution < -0.4 is 15.9 Å². The lowest BCUT2D eigenvalue weighted by atomic mass is 10.2. The van der Waals surface area contributed by atoms with Crippen molar-refractivity contribution in [3.63, 3.8) is 0 Å². The number of alkyl halides is 3. The summed E-state index contributed by atoms with van der Waals surface area (Å²) in [6.45, 7) is 0. The maximum absolute atomic E-state index is 14.0. The minimum atomic E-state index is -4.49. The second kappa shape index (κ2) is 6.54. The van der Waals surface area contributed by atoms with Crippen LogP contribution in [0.1, 0.15) is 5.56 Å². The van der Waals surface area contributed by atoms with Crippen LogP contribution in [-0.4, -0.2) is 10.2 Å². The van der Waals surface area contributed by atoms with Crippen molar-refractivity contribution in [3.05, 3.63) is 78.4 Å². The van der Waals surface area contributed by atoms with Crippen molar-refractivity contribution in [3.8, 4) is 11.5 Å². The SMILES string of the molecule is O=P(c1ccc(O)cc1)(c1ccc(O)cc1)c1ccc(C(F)(F)F)cc1. The van der Waals surface area contributed by atoms with E-state index in [0.717, 1.165) is 12.1 Å². The van der Waals surface area contributed by atoms with E-state index in [4.69, 9.17) is 0 Å². The molecule has 0 aliphatic rings.